The molecule has 0 saturated carbocycles. The number of nitrogens with zero attached hydrogens (tertiary/aromatic N) is 2. The van der Waals surface area contributed by atoms with Gasteiger partial charge in [-0.05, 0) is 19.1 Å². The molecule has 1 aromatic rings. The van der Waals surface area contributed by atoms with Crippen LogP contribution in [0.1, 0.15) is 6.92 Å². The van der Waals surface area contributed by atoms with Gasteiger partial charge in [0.05, 0.1) is 5.75 Å². The topological polar surface area (TPSA) is 62.3 Å². The first-order chi connectivity index (χ1) is 7.92. The van der Waals surface area contributed by atoms with E-state index in [9.17, 15) is 8.42 Å². The van der Waals surface area contributed by atoms with E-state index in [1.54, 1.807) is 0 Å². The van der Waals surface area contributed by atoms with E-state index in [-0.39, 0.29) is 5.75 Å². The van der Waals surface area contributed by atoms with Gasteiger partial charge in [-0.25, -0.2) is 13.4 Å². The summed E-state index contributed by atoms with van der Waals surface area (Å²) in [6.45, 7) is 3.26. The molecule has 0 aliphatic rings. The molecule has 96 valence electrons. The summed E-state index contributed by atoms with van der Waals surface area (Å²) in [6, 6.07) is 5.65. The van der Waals surface area contributed by atoms with E-state index < -0.39 is 9.84 Å². The normalized spacial score (nSPS) is 11.2. The molecular weight excluding hydrogens is 238 g/mol. The second-order valence-electron chi connectivity index (χ2n) is 3.96. The zero-order valence-electron chi connectivity index (χ0n) is 10.5. The first-order valence-electron chi connectivity index (χ1n) is 5.52. The highest BCUT2D eigenvalue weighted by molar-refractivity contribution is 7.90. The Hall–Kier alpha value is -1.30. The standard InChI is InChI=1S/C11H19N3O2S/c1-4-12-10-6-5-7-11(13-10)14(2)8-9-17(3,15)16/h5-7H,4,8-9H2,1-3H3,(H,12,13). The van der Waals surface area contributed by atoms with Crippen molar-refractivity contribution >= 4 is 21.5 Å². The quantitative estimate of drug-likeness (QED) is 0.823. The number of rotatable bonds is 6. The van der Waals surface area contributed by atoms with Crippen LogP contribution < -0.4 is 10.2 Å². The maximum absolute atomic E-state index is 11.1. The molecule has 1 heterocycles. The van der Waals surface area contributed by atoms with Crippen LogP contribution in [-0.4, -0.2) is 45.5 Å². The highest BCUT2D eigenvalue weighted by Crippen LogP contribution is 2.12. The van der Waals surface area contributed by atoms with E-state index >= 15 is 0 Å². The summed E-state index contributed by atoms with van der Waals surface area (Å²) >= 11 is 0. The van der Waals surface area contributed by atoms with E-state index in [1.165, 1.54) is 6.26 Å². The van der Waals surface area contributed by atoms with Crippen LogP contribution in [0.25, 0.3) is 0 Å². The van der Waals surface area contributed by atoms with Crippen LogP contribution in [0, 0.1) is 0 Å². The Kier molecular flexibility index (Phi) is 4.74. The predicted octanol–water partition coefficient (Wildman–Crippen LogP) is 0.994. The molecule has 0 aromatic carbocycles. The Morgan fingerprint density at radius 1 is 1.41 bits per heavy atom. The third-order valence-corrected chi connectivity index (χ3v) is 3.21. The number of nitrogens with one attached hydrogen (secondary N) is 1. The molecule has 0 radical (unpaired) electrons. The third-order valence-electron chi connectivity index (χ3n) is 2.28. The van der Waals surface area contributed by atoms with Crippen molar-refractivity contribution in [1.82, 2.24) is 4.98 Å². The zero-order valence-corrected chi connectivity index (χ0v) is 11.3. The van der Waals surface area contributed by atoms with Crippen molar-refractivity contribution in [3.63, 3.8) is 0 Å². The number of hydrogen-bond donors (Lipinski definition) is 1. The molecule has 0 bridgehead atoms. The smallest absolute Gasteiger partial charge is 0.149 e. The number of hydrogen-bond acceptors (Lipinski definition) is 5. The van der Waals surface area contributed by atoms with Crippen LogP contribution in [-0.2, 0) is 9.84 Å². The van der Waals surface area contributed by atoms with Crippen LogP contribution >= 0.6 is 0 Å². The average Bonchev–Trinajstić information content (AvgIpc) is 2.26. The molecule has 0 spiro atoms. The van der Waals surface area contributed by atoms with Gasteiger partial charge in [0.25, 0.3) is 0 Å². The van der Waals surface area contributed by atoms with Crippen LogP contribution in [0.3, 0.4) is 0 Å². The molecule has 0 amide bonds. The van der Waals surface area contributed by atoms with Crippen molar-refractivity contribution in [2.45, 2.75) is 6.92 Å². The van der Waals surface area contributed by atoms with Crippen molar-refractivity contribution in [2.75, 3.05) is 42.4 Å². The van der Waals surface area contributed by atoms with E-state index in [0.717, 1.165) is 18.2 Å². The fraction of sp³-hybridized carbons (Fsp3) is 0.545. The lowest BCUT2D eigenvalue weighted by atomic mass is 10.4. The number of anilines is 2. The zero-order chi connectivity index (χ0) is 12.9. The van der Waals surface area contributed by atoms with E-state index in [1.807, 2.05) is 37.1 Å². The summed E-state index contributed by atoms with van der Waals surface area (Å²) in [4.78, 5) is 6.22. The van der Waals surface area contributed by atoms with Gasteiger partial charge in [-0.2, -0.15) is 0 Å². The maximum Gasteiger partial charge on any atom is 0.149 e. The molecule has 0 fully saturated rings. The summed E-state index contributed by atoms with van der Waals surface area (Å²) in [5.74, 6) is 1.71. The molecule has 1 N–H and O–H groups in total. The largest absolute Gasteiger partial charge is 0.370 e. The van der Waals surface area contributed by atoms with E-state index in [4.69, 9.17) is 0 Å². The molecule has 0 saturated heterocycles. The summed E-state index contributed by atoms with van der Waals surface area (Å²) in [5, 5.41) is 3.12. The predicted molar refractivity (Wildman–Crippen MR) is 71.4 cm³/mol. The second kappa shape index (κ2) is 5.86. The summed E-state index contributed by atoms with van der Waals surface area (Å²) < 4.78 is 22.2. The van der Waals surface area contributed by atoms with Crippen molar-refractivity contribution < 1.29 is 8.42 Å². The van der Waals surface area contributed by atoms with E-state index in [0.29, 0.717) is 6.54 Å². The third kappa shape index (κ3) is 5.04. The fourth-order valence-electron chi connectivity index (χ4n) is 1.33. The number of sulfone groups is 1. The molecule has 6 heteroatoms. The lowest BCUT2D eigenvalue weighted by molar-refractivity contribution is 0.601. The van der Waals surface area contributed by atoms with Gasteiger partial charge in [0.15, 0.2) is 0 Å². The second-order valence-corrected chi connectivity index (χ2v) is 6.22. The minimum atomic E-state index is -2.93. The lowest BCUT2D eigenvalue weighted by Crippen LogP contribution is -2.25. The molecule has 1 aromatic heterocycles. The van der Waals surface area contributed by atoms with Crippen molar-refractivity contribution in [3.05, 3.63) is 18.2 Å². The molecule has 0 aliphatic carbocycles. The molecule has 0 aliphatic heterocycles. The summed E-state index contributed by atoms with van der Waals surface area (Å²) in [7, 11) is -1.10. The molecule has 0 unspecified atom stereocenters. The molecule has 17 heavy (non-hydrogen) atoms. The average molecular weight is 257 g/mol. The van der Waals surface area contributed by atoms with Gasteiger partial charge in [0.1, 0.15) is 21.5 Å². The fourth-order valence-corrected chi connectivity index (χ4v) is 1.94. The molecule has 0 atom stereocenters. The van der Waals surface area contributed by atoms with Gasteiger partial charge >= 0.3 is 0 Å². The van der Waals surface area contributed by atoms with Crippen LogP contribution in [0.2, 0.25) is 0 Å². The summed E-state index contributed by atoms with van der Waals surface area (Å²) in [5.41, 5.74) is 0. The molecule has 5 nitrogen and oxygen atoms in total. The van der Waals surface area contributed by atoms with Crippen molar-refractivity contribution in [3.8, 4) is 0 Å². The van der Waals surface area contributed by atoms with E-state index in [2.05, 4.69) is 10.3 Å². The minimum absolute atomic E-state index is 0.136. The highest BCUT2D eigenvalue weighted by atomic mass is 32.2. The maximum atomic E-state index is 11.1. The van der Waals surface area contributed by atoms with Gasteiger partial charge in [-0.1, -0.05) is 6.07 Å². The van der Waals surface area contributed by atoms with Gasteiger partial charge in [-0.15, -0.1) is 0 Å². The lowest BCUT2D eigenvalue weighted by Gasteiger charge is -2.18. The Balaban J connectivity index is 2.68. The van der Waals surface area contributed by atoms with Gasteiger partial charge < -0.3 is 10.2 Å². The van der Waals surface area contributed by atoms with Crippen molar-refractivity contribution in [2.24, 2.45) is 0 Å². The van der Waals surface area contributed by atoms with Crippen LogP contribution in [0.15, 0.2) is 18.2 Å². The Morgan fingerprint density at radius 3 is 2.71 bits per heavy atom. The van der Waals surface area contributed by atoms with Gasteiger partial charge in [0, 0.05) is 26.4 Å². The number of aromatic nitrogens is 1. The molecule has 1 rings (SSSR count). The first-order valence-corrected chi connectivity index (χ1v) is 7.58. The monoisotopic (exact) mass is 257 g/mol. The van der Waals surface area contributed by atoms with Crippen LogP contribution in [0.4, 0.5) is 11.6 Å². The van der Waals surface area contributed by atoms with Gasteiger partial charge in [0.2, 0.25) is 0 Å². The first kappa shape index (κ1) is 13.8. The van der Waals surface area contributed by atoms with Crippen molar-refractivity contribution in [1.29, 1.82) is 0 Å². The minimum Gasteiger partial charge on any atom is -0.370 e. The SMILES string of the molecule is CCNc1cccc(N(C)CCS(C)(=O)=O)n1. The molecular formula is C11H19N3O2S. The summed E-state index contributed by atoms with van der Waals surface area (Å²) in [6.07, 6.45) is 1.24. The van der Waals surface area contributed by atoms with Gasteiger partial charge in [-0.3, -0.25) is 0 Å². The highest BCUT2D eigenvalue weighted by Gasteiger charge is 2.07. The Labute approximate surface area is 103 Å². The number of pyridine rings is 1. The Morgan fingerprint density at radius 2 is 2.12 bits per heavy atom. The van der Waals surface area contributed by atoms with Crippen LogP contribution in [0.5, 0.6) is 0 Å². The Bertz CT molecular complexity index is 460.